The van der Waals surface area contributed by atoms with E-state index in [1.807, 2.05) is 24.3 Å². The van der Waals surface area contributed by atoms with Gasteiger partial charge in [0.2, 0.25) is 0 Å². The standard InChI is InChI=1S/C8H8BrCl.Mg.2H/c1-6(9)7-2-4-8(10)5-3-7;;;/h2-6H,1H3;;;. The van der Waals surface area contributed by atoms with Crippen molar-refractivity contribution in [2.75, 3.05) is 0 Å². The molecule has 0 fully saturated rings. The SMILES string of the molecule is CC(Br)c1ccc(Cl)cc1.[MgH2]. The molecule has 0 saturated carbocycles. The van der Waals surface area contributed by atoms with Gasteiger partial charge in [0, 0.05) is 9.85 Å². The molecule has 0 radical (unpaired) electrons. The van der Waals surface area contributed by atoms with Crippen LogP contribution >= 0.6 is 27.5 Å². The van der Waals surface area contributed by atoms with E-state index in [1.165, 1.54) is 5.56 Å². The molecule has 0 nitrogen and oxygen atoms in total. The van der Waals surface area contributed by atoms with Crippen LogP contribution in [0.5, 0.6) is 0 Å². The van der Waals surface area contributed by atoms with Crippen LogP contribution in [-0.4, -0.2) is 23.1 Å². The number of halogens is 2. The molecule has 0 N–H and O–H groups in total. The van der Waals surface area contributed by atoms with Gasteiger partial charge < -0.3 is 0 Å². The molecule has 3 heteroatoms. The predicted molar refractivity (Wildman–Crippen MR) is 57.3 cm³/mol. The summed E-state index contributed by atoms with van der Waals surface area (Å²) in [6.45, 7) is 2.09. The first-order valence-electron chi connectivity index (χ1n) is 3.09. The van der Waals surface area contributed by atoms with E-state index in [2.05, 4.69) is 22.9 Å². The largest absolute Gasteiger partial charge is 0.316 e. The highest BCUT2D eigenvalue weighted by Crippen LogP contribution is 2.22. The smallest absolute Gasteiger partial charge is 0.0843 e. The fraction of sp³-hybridized carbons (Fsp3) is 0.250. The minimum Gasteiger partial charge on any atom is -0.0843 e. The molecule has 1 atom stereocenters. The average Bonchev–Trinajstić information content (AvgIpc) is 1.88. The second-order valence-corrected chi connectivity index (χ2v) is 3.98. The van der Waals surface area contributed by atoms with Gasteiger partial charge in [0.15, 0.2) is 0 Å². The van der Waals surface area contributed by atoms with Gasteiger partial charge in [-0.3, -0.25) is 0 Å². The van der Waals surface area contributed by atoms with Gasteiger partial charge in [0.1, 0.15) is 0 Å². The van der Waals surface area contributed by atoms with Crippen molar-refractivity contribution in [2.45, 2.75) is 11.8 Å². The summed E-state index contributed by atoms with van der Waals surface area (Å²) in [5, 5.41) is 0.789. The first-order chi connectivity index (χ1) is 4.70. The van der Waals surface area contributed by atoms with Crippen LogP contribution < -0.4 is 0 Å². The summed E-state index contributed by atoms with van der Waals surface area (Å²) in [6, 6.07) is 7.83. The Bertz CT molecular complexity index is 208. The molecule has 0 aliphatic heterocycles. The van der Waals surface area contributed by atoms with Gasteiger partial charge in [-0.05, 0) is 24.6 Å². The van der Waals surface area contributed by atoms with Crippen LogP contribution in [0.4, 0.5) is 0 Å². The van der Waals surface area contributed by atoms with E-state index in [0.717, 1.165) is 5.02 Å². The van der Waals surface area contributed by atoms with E-state index >= 15 is 0 Å². The second kappa shape index (κ2) is 5.41. The van der Waals surface area contributed by atoms with E-state index in [4.69, 9.17) is 11.6 Å². The third-order valence-electron chi connectivity index (χ3n) is 1.33. The molecule has 0 bridgehead atoms. The van der Waals surface area contributed by atoms with Crippen molar-refractivity contribution in [2.24, 2.45) is 0 Å². The van der Waals surface area contributed by atoms with Crippen molar-refractivity contribution in [3.05, 3.63) is 34.9 Å². The third-order valence-corrected chi connectivity index (χ3v) is 2.11. The first-order valence-corrected chi connectivity index (χ1v) is 4.39. The van der Waals surface area contributed by atoms with E-state index in [0.29, 0.717) is 4.83 Å². The highest BCUT2D eigenvalue weighted by atomic mass is 79.9. The Hall–Kier alpha value is 0.756. The summed E-state index contributed by atoms with van der Waals surface area (Å²) in [7, 11) is 0. The molecule has 1 unspecified atom stereocenters. The molecular weight excluding hydrogens is 236 g/mol. The van der Waals surface area contributed by atoms with Gasteiger partial charge in [-0.15, -0.1) is 0 Å². The molecule has 58 valence electrons. The Morgan fingerprint density at radius 2 is 1.73 bits per heavy atom. The maximum absolute atomic E-state index is 5.70. The molecule has 0 amide bonds. The zero-order valence-electron chi connectivity index (χ0n) is 5.64. The normalized spacial score (nSPS) is 11.9. The van der Waals surface area contributed by atoms with Crippen LogP contribution in [0, 0.1) is 0 Å². The lowest BCUT2D eigenvalue weighted by Gasteiger charge is -2.01. The van der Waals surface area contributed by atoms with Crippen molar-refractivity contribution in [3.8, 4) is 0 Å². The zero-order valence-corrected chi connectivity index (χ0v) is 7.98. The maximum Gasteiger partial charge on any atom is 0.316 e. The molecule has 1 aromatic carbocycles. The Morgan fingerprint density at radius 3 is 2.09 bits per heavy atom. The number of alkyl halides is 1. The molecule has 0 aromatic heterocycles. The van der Waals surface area contributed by atoms with E-state index in [1.54, 1.807) is 0 Å². The van der Waals surface area contributed by atoms with Gasteiger partial charge in [-0.2, -0.15) is 0 Å². The third kappa shape index (κ3) is 3.79. The van der Waals surface area contributed by atoms with Gasteiger partial charge in [0.05, 0.1) is 0 Å². The monoisotopic (exact) mass is 244 g/mol. The van der Waals surface area contributed by atoms with Crippen LogP contribution in [-0.2, 0) is 0 Å². The molecule has 0 aliphatic rings. The van der Waals surface area contributed by atoms with Gasteiger partial charge in [0.25, 0.3) is 0 Å². The van der Waals surface area contributed by atoms with Gasteiger partial charge in [-0.25, -0.2) is 0 Å². The molecule has 0 aliphatic carbocycles. The fourth-order valence-corrected chi connectivity index (χ4v) is 1.16. The first kappa shape index (κ1) is 11.8. The van der Waals surface area contributed by atoms with Crippen LogP contribution in [0.15, 0.2) is 24.3 Å². The number of hydrogen-bond acceptors (Lipinski definition) is 0. The number of benzene rings is 1. The number of hydrogen-bond donors (Lipinski definition) is 0. The lowest BCUT2D eigenvalue weighted by atomic mass is 10.2. The fourth-order valence-electron chi connectivity index (χ4n) is 0.728. The summed E-state index contributed by atoms with van der Waals surface area (Å²) in [4.78, 5) is 0.407. The minimum absolute atomic E-state index is 0. The summed E-state index contributed by atoms with van der Waals surface area (Å²) in [5.41, 5.74) is 1.25. The number of rotatable bonds is 1. The summed E-state index contributed by atoms with van der Waals surface area (Å²) >= 11 is 9.16. The van der Waals surface area contributed by atoms with Crippen molar-refractivity contribution in [3.63, 3.8) is 0 Å². The van der Waals surface area contributed by atoms with E-state index in [-0.39, 0.29) is 23.1 Å². The molecule has 0 saturated heterocycles. The van der Waals surface area contributed by atoms with E-state index in [9.17, 15) is 0 Å². The molecule has 11 heavy (non-hydrogen) atoms. The Kier molecular flexibility index (Phi) is 5.78. The minimum atomic E-state index is 0. The molecule has 1 rings (SSSR count). The molecule has 0 heterocycles. The quantitative estimate of drug-likeness (QED) is 0.527. The Balaban J connectivity index is 0.000001000. The maximum atomic E-state index is 5.70. The second-order valence-electron chi connectivity index (χ2n) is 2.17. The van der Waals surface area contributed by atoms with Crippen molar-refractivity contribution in [1.82, 2.24) is 0 Å². The highest BCUT2D eigenvalue weighted by Gasteiger charge is 1.97. The molecular formula is C8H10BrClMg. The molecule has 1 aromatic rings. The summed E-state index contributed by atoms with van der Waals surface area (Å²) < 4.78 is 0. The summed E-state index contributed by atoms with van der Waals surface area (Å²) in [5.74, 6) is 0. The van der Waals surface area contributed by atoms with Crippen molar-refractivity contribution >= 4 is 50.6 Å². The van der Waals surface area contributed by atoms with E-state index < -0.39 is 0 Å². The Morgan fingerprint density at radius 1 is 1.27 bits per heavy atom. The lowest BCUT2D eigenvalue weighted by molar-refractivity contribution is 1.12. The van der Waals surface area contributed by atoms with Crippen molar-refractivity contribution < 1.29 is 0 Å². The van der Waals surface area contributed by atoms with Crippen molar-refractivity contribution in [1.29, 1.82) is 0 Å². The van der Waals surface area contributed by atoms with Crippen LogP contribution in [0.25, 0.3) is 0 Å². The van der Waals surface area contributed by atoms with Crippen LogP contribution in [0.3, 0.4) is 0 Å². The van der Waals surface area contributed by atoms with Crippen LogP contribution in [0.1, 0.15) is 17.3 Å². The predicted octanol–water partition coefficient (Wildman–Crippen LogP) is 2.88. The highest BCUT2D eigenvalue weighted by molar-refractivity contribution is 9.09. The molecule has 0 spiro atoms. The van der Waals surface area contributed by atoms with Crippen LogP contribution in [0.2, 0.25) is 5.02 Å². The topological polar surface area (TPSA) is 0 Å². The summed E-state index contributed by atoms with van der Waals surface area (Å²) in [6.07, 6.45) is 0. The average molecular weight is 246 g/mol. The van der Waals surface area contributed by atoms with Gasteiger partial charge in [-0.1, -0.05) is 39.7 Å². The Labute approximate surface area is 96.6 Å². The zero-order chi connectivity index (χ0) is 7.56. The van der Waals surface area contributed by atoms with Gasteiger partial charge >= 0.3 is 23.1 Å². The lowest BCUT2D eigenvalue weighted by Crippen LogP contribution is -1.80.